The largest absolute Gasteiger partial charge is 0.480 e. The molecule has 0 bridgehead atoms. The molecule has 1 aliphatic carbocycles. The van der Waals surface area contributed by atoms with Gasteiger partial charge in [0.2, 0.25) is 0 Å². The summed E-state index contributed by atoms with van der Waals surface area (Å²) in [6, 6.07) is 0. The number of hydrogen-bond donors (Lipinski definition) is 2. The molecule has 2 N–H and O–H groups in total. The minimum absolute atomic E-state index is 0.254. The minimum atomic E-state index is -1.27. The zero-order valence-corrected chi connectivity index (χ0v) is 12.1. The van der Waals surface area contributed by atoms with Crippen LogP contribution in [0.15, 0.2) is 23.8 Å². The van der Waals surface area contributed by atoms with E-state index in [0.29, 0.717) is 0 Å². The monoisotopic (exact) mass is 252 g/mol. The molecule has 0 amide bonds. The lowest BCUT2D eigenvalue weighted by Crippen LogP contribution is -2.53. The molecule has 0 radical (unpaired) electrons. The molecule has 0 saturated heterocycles. The van der Waals surface area contributed by atoms with Gasteiger partial charge in [-0.1, -0.05) is 59.8 Å². The van der Waals surface area contributed by atoms with E-state index in [-0.39, 0.29) is 5.41 Å². The molecule has 18 heavy (non-hydrogen) atoms. The Morgan fingerprint density at radius 1 is 1.22 bits per heavy atom. The molecule has 2 unspecified atom stereocenters. The van der Waals surface area contributed by atoms with E-state index in [1.54, 1.807) is 12.2 Å². The molecule has 102 valence electrons. The van der Waals surface area contributed by atoms with Gasteiger partial charge in [0.15, 0.2) is 0 Å². The topological polar surface area (TPSA) is 57.5 Å². The Kier molecular flexibility index (Phi) is 3.52. The third kappa shape index (κ3) is 2.12. The number of carbonyl (C=O) groups is 1. The Labute approximate surface area is 109 Å². The van der Waals surface area contributed by atoms with E-state index in [1.807, 2.05) is 47.6 Å². The van der Waals surface area contributed by atoms with E-state index in [1.165, 1.54) is 0 Å². The lowest BCUT2D eigenvalue weighted by molar-refractivity contribution is -0.159. The Hall–Kier alpha value is -1.09. The number of aliphatic hydroxyl groups is 1. The van der Waals surface area contributed by atoms with Crippen LogP contribution in [0.2, 0.25) is 0 Å². The van der Waals surface area contributed by atoms with Gasteiger partial charge in [-0.15, -0.1) is 0 Å². The Bertz CT molecular complexity index is 404. The molecule has 0 aromatic rings. The van der Waals surface area contributed by atoms with Crippen LogP contribution in [0.4, 0.5) is 0 Å². The van der Waals surface area contributed by atoms with E-state index in [4.69, 9.17) is 0 Å². The van der Waals surface area contributed by atoms with Crippen LogP contribution in [0.5, 0.6) is 0 Å². The first kappa shape index (κ1) is 15.0. The molecule has 1 aliphatic rings. The minimum Gasteiger partial charge on any atom is -0.480 e. The summed E-state index contributed by atoms with van der Waals surface area (Å²) >= 11 is 0. The van der Waals surface area contributed by atoms with Crippen LogP contribution < -0.4 is 0 Å². The summed E-state index contributed by atoms with van der Waals surface area (Å²) in [6.07, 6.45) is 4.21. The van der Waals surface area contributed by atoms with Crippen molar-refractivity contribution in [3.8, 4) is 0 Å². The second kappa shape index (κ2) is 4.23. The summed E-state index contributed by atoms with van der Waals surface area (Å²) in [4.78, 5) is 11.8. The number of aliphatic hydroxyl groups excluding tert-OH is 1. The van der Waals surface area contributed by atoms with E-state index in [2.05, 4.69) is 0 Å². The third-order valence-corrected chi connectivity index (χ3v) is 3.82. The SMILES string of the molecule is CC(C)(C)C1=CC=CC(C(=O)O)(C(C)(C)C)C1O. The van der Waals surface area contributed by atoms with Gasteiger partial charge in [0.25, 0.3) is 0 Å². The zero-order valence-electron chi connectivity index (χ0n) is 12.1. The Balaban J connectivity index is 3.40. The van der Waals surface area contributed by atoms with Crippen molar-refractivity contribution in [2.24, 2.45) is 16.2 Å². The van der Waals surface area contributed by atoms with Crippen molar-refractivity contribution in [2.75, 3.05) is 0 Å². The zero-order chi connectivity index (χ0) is 14.4. The van der Waals surface area contributed by atoms with Gasteiger partial charge in [-0.3, -0.25) is 4.79 Å². The summed E-state index contributed by atoms with van der Waals surface area (Å²) in [5.74, 6) is -0.978. The Morgan fingerprint density at radius 3 is 2.06 bits per heavy atom. The summed E-state index contributed by atoms with van der Waals surface area (Å²) < 4.78 is 0. The molecule has 1 rings (SSSR count). The molecule has 0 fully saturated rings. The average molecular weight is 252 g/mol. The number of carboxylic acid groups (broad SMARTS) is 1. The van der Waals surface area contributed by atoms with Gasteiger partial charge in [0.1, 0.15) is 5.41 Å². The predicted octanol–water partition coefficient (Wildman–Crippen LogP) is 3.01. The third-order valence-electron chi connectivity index (χ3n) is 3.82. The first-order chi connectivity index (χ1) is 7.94. The number of hydrogen-bond acceptors (Lipinski definition) is 2. The van der Waals surface area contributed by atoms with Gasteiger partial charge in [-0.25, -0.2) is 0 Å². The lowest BCUT2D eigenvalue weighted by Gasteiger charge is -2.46. The van der Waals surface area contributed by atoms with Crippen LogP contribution in [0.1, 0.15) is 41.5 Å². The van der Waals surface area contributed by atoms with Crippen LogP contribution in [0.3, 0.4) is 0 Å². The number of carboxylic acids is 1. The fourth-order valence-corrected chi connectivity index (χ4v) is 2.56. The molecule has 0 aromatic carbocycles. The van der Waals surface area contributed by atoms with Gasteiger partial charge in [-0.05, 0) is 16.4 Å². The molecule has 0 aliphatic heterocycles. The maximum atomic E-state index is 11.8. The van der Waals surface area contributed by atoms with Crippen LogP contribution in [0, 0.1) is 16.2 Å². The fraction of sp³-hybridized carbons (Fsp3) is 0.667. The molecular formula is C15H24O3. The summed E-state index contributed by atoms with van der Waals surface area (Å²) in [6.45, 7) is 11.5. The van der Waals surface area contributed by atoms with Crippen LogP contribution in [0.25, 0.3) is 0 Å². The van der Waals surface area contributed by atoms with Crippen molar-refractivity contribution >= 4 is 5.97 Å². The first-order valence-corrected chi connectivity index (χ1v) is 6.26. The number of allylic oxidation sites excluding steroid dienone is 2. The summed E-state index contributed by atoms with van der Waals surface area (Å²) in [5, 5.41) is 20.3. The molecule has 0 saturated carbocycles. The fourth-order valence-electron chi connectivity index (χ4n) is 2.56. The quantitative estimate of drug-likeness (QED) is 0.754. The molecule has 0 heterocycles. The van der Waals surface area contributed by atoms with Crippen LogP contribution >= 0.6 is 0 Å². The molecule has 3 nitrogen and oxygen atoms in total. The van der Waals surface area contributed by atoms with Crippen molar-refractivity contribution in [3.05, 3.63) is 23.8 Å². The highest BCUT2D eigenvalue weighted by Gasteiger charge is 2.55. The molecule has 3 heteroatoms. The van der Waals surface area contributed by atoms with Crippen molar-refractivity contribution in [1.29, 1.82) is 0 Å². The van der Waals surface area contributed by atoms with Crippen molar-refractivity contribution in [2.45, 2.75) is 47.6 Å². The summed E-state index contributed by atoms with van der Waals surface area (Å²) in [5.41, 5.74) is -1.33. The van der Waals surface area contributed by atoms with E-state index in [9.17, 15) is 15.0 Å². The number of aliphatic carboxylic acids is 1. The van der Waals surface area contributed by atoms with Gasteiger partial charge in [0.05, 0.1) is 6.10 Å². The van der Waals surface area contributed by atoms with E-state index in [0.717, 1.165) is 5.57 Å². The highest BCUT2D eigenvalue weighted by Crippen LogP contribution is 2.50. The van der Waals surface area contributed by atoms with Crippen molar-refractivity contribution in [3.63, 3.8) is 0 Å². The van der Waals surface area contributed by atoms with Gasteiger partial charge in [0, 0.05) is 0 Å². The highest BCUT2D eigenvalue weighted by atomic mass is 16.4. The first-order valence-electron chi connectivity index (χ1n) is 6.26. The lowest BCUT2D eigenvalue weighted by atomic mass is 9.58. The van der Waals surface area contributed by atoms with Gasteiger partial charge in [-0.2, -0.15) is 0 Å². The van der Waals surface area contributed by atoms with Crippen LogP contribution in [-0.4, -0.2) is 22.3 Å². The molecular weight excluding hydrogens is 228 g/mol. The second-order valence-corrected chi connectivity index (χ2v) is 7.06. The number of rotatable bonds is 1. The van der Waals surface area contributed by atoms with Crippen molar-refractivity contribution < 1.29 is 15.0 Å². The maximum absolute atomic E-state index is 11.8. The maximum Gasteiger partial charge on any atom is 0.317 e. The second-order valence-electron chi connectivity index (χ2n) is 7.06. The van der Waals surface area contributed by atoms with Gasteiger partial charge >= 0.3 is 5.97 Å². The van der Waals surface area contributed by atoms with Gasteiger partial charge < -0.3 is 10.2 Å². The standard InChI is InChI=1S/C15H24O3/c1-13(2,3)10-8-7-9-15(11(10)16,12(17)18)14(4,5)6/h7-9,11,16H,1-6H3,(H,17,18). The summed E-state index contributed by atoms with van der Waals surface area (Å²) in [7, 11) is 0. The normalized spacial score (nSPS) is 29.1. The average Bonchev–Trinajstić information content (AvgIpc) is 2.13. The van der Waals surface area contributed by atoms with E-state index >= 15 is 0 Å². The smallest absolute Gasteiger partial charge is 0.317 e. The highest BCUT2D eigenvalue weighted by molar-refractivity contribution is 5.80. The Morgan fingerprint density at radius 2 is 1.72 bits per heavy atom. The predicted molar refractivity (Wildman–Crippen MR) is 72.2 cm³/mol. The van der Waals surface area contributed by atoms with Crippen LogP contribution in [-0.2, 0) is 4.79 Å². The molecule has 0 aromatic heterocycles. The molecule has 0 spiro atoms. The van der Waals surface area contributed by atoms with E-state index < -0.39 is 22.9 Å². The molecule has 2 atom stereocenters. The van der Waals surface area contributed by atoms with Crippen molar-refractivity contribution in [1.82, 2.24) is 0 Å².